The Labute approximate surface area is 408 Å². The summed E-state index contributed by atoms with van der Waals surface area (Å²) in [5, 5.41) is 0. The van der Waals surface area contributed by atoms with Crippen LogP contribution in [0.25, 0.3) is 22.3 Å². The van der Waals surface area contributed by atoms with Crippen LogP contribution in [-0.4, -0.2) is 39.0 Å². The van der Waals surface area contributed by atoms with E-state index in [9.17, 15) is 33.8 Å². The minimum atomic E-state index is -11.2. The van der Waals surface area contributed by atoms with Crippen LogP contribution in [0.3, 0.4) is 0 Å². The van der Waals surface area contributed by atoms with E-state index < -0.39 is 39.0 Å². The molecule has 14 heteroatoms. The van der Waals surface area contributed by atoms with Gasteiger partial charge in [0, 0.05) is 109 Å². The van der Waals surface area contributed by atoms with Gasteiger partial charge < -0.3 is 0 Å². The van der Waals surface area contributed by atoms with Crippen molar-refractivity contribution in [3.63, 3.8) is 0 Å². The van der Waals surface area contributed by atoms with E-state index in [0.29, 0.717) is 0 Å². The quantitative estimate of drug-likeness (QED) is 0.136. The summed E-state index contributed by atoms with van der Waals surface area (Å²) in [6, 6.07) is 10.8. The van der Waals surface area contributed by atoms with Crippen molar-refractivity contribution in [2.45, 2.75) is 225 Å². The molecule has 0 heterocycles. The Morgan fingerprint density at radius 1 is 0.286 bits per heavy atom. The molecule has 70 heavy (non-hydrogen) atoms. The average molecular weight is 1210 g/mol. The Hall–Kier alpha value is -1.80. The fraction of sp³-hybridized carbons (Fsp3) is 0.643. The van der Waals surface area contributed by atoms with Gasteiger partial charge in [0.05, 0.1) is 22.3 Å². The predicted molar refractivity (Wildman–Crippen MR) is 255 cm³/mol. The minimum Gasteiger partial charge on any atom is -0.0440 e. The van der Waals surface area contributed by atoms with E-state index in [1.165, 1.54) is 154 Å². The van der Waals surface area contributed by atoms with E-state index >= 15 is 0 Å². The van der Waals surface area contributed by atoms with Gasteiger partial charge in [-0.2, -0.15) is 0 Å². The van der Waals surface area contributed by atoms with Gasteiger partial charge in [-0.25, -0.2) is 0 Å². The molecule has 0 unspecified atom stereocenters. The third kappa shape index (κ3) is 8.67. The molecule has 12 bridgehead atoms. The zero-order chi connectivity index (χ0) is 48.8. The maximum atomic E-state index is 9.93. The summed E-state index contributed by atoms with van der Waals surface area (Å²) in [6.07, 6.45) is 35.3. The summed E-state index contributed by atoms with van der Waals surface area (Å²) >= 11 is -22.5. The molecule has 0 nitrogen and oxygen atoms in total. The first-order valence-electron chi connectivity index (χ1n) is 27.1. The first kappa shape index (κ1) is 47.9. The Balaban J connectivity index is 0.000000304. The summed E-state index contributed by atoms with van der Waals surface area (Å²) in [7, 11) is 0. The van der Waals surface area contributed by atoms with Gasteiger partial charge in [-0.1, -0.05) is 0 Å². The molecule has 18 aliphatic rings. The number of rotatable bonds is 2. The number of hydrogen-bond acceptors (Lipinski definition) is 0. The molecule has 0 spiro atoms. The van der Waals surface area contributed by atoms with Crippen molar-refractivity contribution in [2.75, 3.05) is 0 Å². The van der Waals surface area contributed by atoms with Crippen LogP contribution in [0.15, 0.2) is 24.3 Å². The smallest absolute Gasteiger partial charge is 0.0440 e. The van der Waals surface area contributed by atoms with Crippen LogP contribution in [0.2, 0.25) is 0 Å². The second kappa shape index (κ2) is 15.0. The number of fused-ring (bicyclic) bond motifs is 12. The normalized spacial score (nSPS) is 35.9. The molecular weight excluding hydrogens is 1140 g/mol. The zero-order valence-electron chi connectivity index (χ0n) is 39.6. The number of hydrogen-bond donors (Lipinski definition) is 0. The fourth-order valence-electron chi connectivity index (χ4n) is 18.7. The molecular formula is C56H64F12Sb2. The standard InChI is InChI=1S/C56H64.12FH.2Sb/c1-2-41(55-51-37-20-12-33(13-21-37)47(51)43-29-4-5-30(7-6-29)44(43)48-34-14-22-38(23-15-34)52(48)55)28-42(3-1)56-53-39-24-16-35(17-25-39)49(53)45-31-8-9-32(11-10-31)46(45)50-36-18-26-40(27-19-36)54(50)56;;;;;;;;;;;;;;/h1-3,28-40H,4-27H2;12*1H;;/q+2;;;;;;;;;;;;;2*+5/p-12. The molecule has 0 atom stereocenters. The Kier molecular flexibility index (Phi) is 10.2. The van der Waals surface area contributed by atoms with E-state index in [1.54, 1.807) is 11.1 Å². The van der Waals surface area contributed by atoms with Crippen molar-refractivity contribution in [1.29, 1.82) is 0 Å². The van der Waals surface area contributed by atoms with Gasteiger partial charge in [0.1, 0.15) is 11.1 Å². The second-order valence-electron chi connectivity index (χ2n) is 24.5. The van der Waals surface area contributed by atoms with E-state index in [4.69, 9.17) is 0 Å². The van der Waals surface area contributed by atoms with Crippen LogP contribution < -0.4 is 0 Å². The largest absolute Gasteiger partial charge is 0.111 e. The van der Waals surface area contributed by atoms with Crippen molar-refractivity contribution in [3.8, 4) is 22.3 Å². The van der Waals surface area contributed by atoms with E-state index in [0.717, 1.165) is 71.0 Å². The van der Waals surface area contributed by atoms with Gasteiger partial charge in [0.2, 0.25) is 0 Å². The van der Waals surface area contributed by atoms with E-state index in [-0.39, 0.29) is 0 Å². The van der Waals surface area contributed by atoms with Gasteiger partial charge in [-0.05, 0) is 196 Å². The van der Waals surface area contributed by atoms with Crippen LogP contribution in [0, 0.1) is 0 Å². The predicted octanol–water partition coefficient (Wildman–Crippen LogP) is 20.4. The molecule has 0 aliphatic heterocycles. The SMILES string of the molecule is [F][Sb-]([F])([F])([F])([F])[F].[F][Sb-]([F])([F])([F])([F])[F].c1cc(-c2c3c(c4c(c5[c+]2C2CCC5CC2)C2CCC4CC2)C2CCC3CC2)cc(-c2c3c(c4c(c5[c+]2C2CCC5CC2)C2CCC4CC2)C2CCC3CC2)c1. The topological polar surface area (TPSA) is 0 Å². The average Bonchev–Trinajstić information content (AvgIpc) is 3.60. The van der Waals surface area contributed by atoms with Crippen LogP contribution in [-0.2, 0) is 0 Å². The van der Waals surface area contributed by atoms with Gasteiger partial charge in [-0.15, -0.1) is 0 Å². The number of benzene rings is 1. The van der Waals surface area contributed by atoms with Crippen LogP contribution in [0.4, 0.5) is 33.8 Å². The molecule has 0 saturated heterocycles. The van der Waals surface area contributed by atoms with Crippen molar-refractivity contribution in [1.82, 2.24) is 0 Å². The van der Waals surface area contributed by atoms with Crippen molar-refractivity contribution >= 4 is 39.0 Å². The molecule has 382 valence electrons. The summed E-state index contributed by atoms with van der Waals surface area (Å²) in [5.41, 5.74) is 30.7. The van der Waals surface area contributed by atoms with Crippen LogP contribution in [0.5, 0.6) is 0 Å². The van der Waals surface area contributed by atoms with Crippen molar-refractivity contribution in [2.24, 2.45) is 0 Å². The second-order valence-corrected chi connectivity index (χ2v) is 35.4. The summed E-state index contributed by atoms with van der Waals surface area (Å²) in [4.78, 5) is 0. The minimum absolute atomic E-state index is 0.791. The molecule has 3 aromatic rings. The third-order valence-electron chi connectivity index (χ3n) is 20.7. The molecule has 0 amide bonds. The molecule has 18 aliphatic carbocycles. The van der Waals surface area contributed by atoms with Gasteiger partial charge in [0.25, 0.3) is 0 Å². The molecule has 0 aromatic heterocycles. The van der Waals surface area contributed by atoms with Crippen LogP contribution in [0.1, 0.15) is 292 Å². The van der Waals surface area contributed by atoms with Crippen LogP contribution >= 0.6 is 0 Å². The van der Waals surface area contributed by atoms with Gasteiger partial charge >= 0.3 is 72.7 Å². The summed E-state index contributed by atoms with van der Waals surface area (Å²) in [5.74, 6) is 9.90. The molecule has 6 saturated carbocycles. The molecule has 3 aromatic carbocycles. The van der Waals surface area contributed by atoms with Gasteiger partial charge in [0.15, 0.2) is 0 Å². The Morgan fingerprint density at radius 2 is 0.500 bits per heavy atom. The van der Waals surface area contributed by atoms with E-state index in [2.05, 4.69) is 24.3 Å². The maximum absolute atomic E-state index is 11.2. The molecule has 0 radical (unpaired) electrons. The Bertz CT molecular complexity index is 2390. The van der Waals surface area contributed by atoms with E-state index in [1.807, 2.05) is 77.9 Å². The summed E-state index contributed by atoms with van der Waals surface area (Å²) < 4.78 is 119. The zero-order valence-corrected chi connectivity index (χ0v) is 44.7. The van der Waals surface area contributed by atoms with Gasteiger partial charge in [-0.3, -0.25) is 0 Å². The van der Waals surface area contributed by atoms with Crippen molar-refractivity contribution in [3.05, 3.63) is 91.0 Å². The first-order valence-corrected chi connectivity index (χ1v) is 38.7. The van der Waals surface area contributed by atoms with Crippen molar-refractivity contribution < 1.29 is 33.8 Å². The molecule has 0 N–H and O–H groups in total. The summed E-state index contributed by atoms with van der Waals surface area (Å²) in [6.45, 7) is 0. The third-order valence-corrected chi connectivity index (χ3v) is 20.7. The number of halogens is 12. The monoisotopic (exact) mass is 1210 g/mol. The fourth-order valence-corrected chi connectivity index (χ4v) is 18.7. The first-order chi connectivity index (χ1) is 32.7. The Morgan fingerprint density at radius 3 is 0.771 bits per heavy atom. The maximum Gasteiger partial charge on any atom is 0.111 e. The molecule has 6 fully saturated rings. The molecule has 21 rings (SSSR count).